The molecule has 3 aromatic carbocycles. The van der Waals surface area contributed by atoms with Crippen molar-refractivity contribution in [3.05, 3.63) is 113 Å². The van der Waals surface area contributed by atoms with E-state index in [0.717, 1.165) is 19.6 Å². The summed E-state index contributed by atoms with van der Waals surface area (Å²) in [6.07, 6.45) is 2.32. The molecular weight excluding hydrogens is 366 g/mol. The van der Waals surface area contributed by atoms with E-state index in [2.05, 4.69) is 114 Å². The molecule has 0 spiro atoms. The Balaban J connectivity index is 1.51. The molecule has 2 heterocycles. The Bertz CT molecular complexity index is 1040. The Morgan fingerprint density at radius 1 is 0.867 bits per heavy atom. The van der Waals surface area contributed by atoms with Crippen LogP contribution < -0.4 is 0 Å². The molecule has 0 bridgehead atoms. The van der Waals surface area contributed by atoms with Gasteiger partial charge in [0.05, 0.1) is 11.8 Å². The van der Waals surface area contributed by atoms with Crippen LogP contribution in [0, 0.1) is 5.92 Å². The van der Waals surface area contributed by atoms with Crippen LogP contribution in [-0.4, -0.2) is 35.8 Å². The maximum atomic E-state index is 5.04. The van der Waals surface area contributed by atoms with E-state index in [4.69, 9.17) is 5.10 Å². The number of benzene rings is 3. The van der Waals surface area contributed by atoms with E-state index in [1.54, 1.807) is 0 Å². The monoisotopic (exact) mass is 393 g/mol. The third kappa shape index (κ3) is 3.81. The summed E-state index contributed by atoms with van der Waals surface area (Å²) < 4.78 is 0. The summed E-state index contributed by atoms with van der Waals surface area (Å²) in [5.41, 5.74) is 6.52. The second-order valence-corrected chi connectivity index (χ2v) is 8.26. The van der Waals surface area contributed by atoms with Gasteiger partial charge in [0, 0.05) is 32.6 Å². The van der Waals surface area contributed by atoms with Crippen molar-refractivity contribution in [3.63, 3.8) is 0 Å². The summed E-state index contributed by atoms with van der Waals surface area (Å²) in [5.74, 6) is 0.366. The maximum Gasteiger partial charge on any atom is 0.0813 e. The summed E-state index contributed by atoms with van der Waals surface area (Å²) in [6, 6.07) is 32.5. The minimum atomic E-state index is 0.277. The number of likely N-dealkylation sites (tertiary alicyclic amines) is 1. The molecule has 3 nitrogen and oxygen atoms in total. The van der Waals surface area contributed by atoms with Crippen LogP contribution in [0.2, 0.25) is 0 Å². The van der Waals surface area contributed by atoms with Gasteiger partial charge in [-0.2, -0.15) is 5.10 Å². The minimum absolute atomic E-state index is 0.277. The van der Waals surface area contributed by atoms with Gasteiger partial charge in [-0.3, -0.25) is 9.91 Å². The fraction of sp³-hybridized carbons (Fsp3) is 0.222. The van der Waals surface area contributed by atoms with Crippen LogP contribution in [0.5, 0.6) is 0 Å². The van der Waals surface area contributed by atoms with Gasteiger partial charge in [0.1, 0.15) is 0 Å². The first-order valence-corrected chi connectivity index (χ1v) is 10.7. The first-order valence-electron chi connectivity index (χ1n) is 10.7. The Morgan fingerprint density at radius 2 is 1.50 bits per heavy atom. The number of hydrogen-bond acceptors (Lipinski definition) is 3. The average Bonchev–Trinajstić information content (AvgIpc) is 3.12. The van der Waals surface area contributed by atoms with Gasteiger partial charge >= 0.3 is 0 Å². The summed E-state index contributed by atoms with van der Waals surface area (Å²) in [6.45, 7) is 2.90. The van der Waals surface area contributed by atoms with E-state index in [-0.39, 0.29) is 6.04 Å². The van der Waals surface area contributed by atoms with Gasteiger partial charge in [-0.25, -0.2) is 0 Å². The summed E-state index contributed by atoms with van der Waals surface area (Å²) >= 11 is 0. The Hall–Kier alpha value is -3.17. The number of hydrazone groups is 1. The largest absolute Gasteiger partial charge is 0.294 e. The third-order valence-electron chi connectivity index (χ3n) is 6.11. The lowest BCUT2D eigenvalue weighted by Gasteiger charge is -2.36. The van der Waals surface area contributed by atoms with Crippen molar-refractivity contribution in [2.45, 2.75) is 12.6 Å². The Labute approximate surface area is 179 Å². The molecule has 0 aromatic heterocycles. The quantitative estimate of drug-likeness (QED) is 0.603. The van der Waals surface area contributed by atoms with E-state index >= 15 is 0 Å². The first kappa shape index (κ1) is 18.8. The van der Waals surface area contributed by atoms with Gasteiger partial charge in [0.15, 0.2) is 0 Å². The molecule has 2 atom stereocenters. The Kier molecular flexibility index (Phi) is 5.20. The van der Waals surface area contributed by atoms with E-state index in [1.165, 1.54) is 28.0 Å². The molecular formula is C27H27N3. The second-order valence-electron chi connectivity index (χ2n) is 8.26. The van der Waals surface area contributed by atoms with Crippen molar-refractivity contribution in [2.24, 2.45) is 11.0 Å². The van der Waals surface area contributed by atoms with Crippen molar-refractivity contribution in [1.82, 2.24) is 9.91 Å². The first-order chi connectivity index (χ1) is 14.8. The van der Waals surface area contributed by atoms with Crippen molar-refractivity contribution >= 4 is 11.8 Å². The number of nitrogens with zero attached hydrogens (tertiary/aromatic N) is 3. The van der Waals surface area contributed by atoms with Crippen LogP contribution in [0.1, 0.15) is 22.7 Å². The smallest absolute Gasteiger partial charge is 0.0813 e. The van der Waals surface area contributed by atoms with E-state index in [9.17, 15) is 0 Å². The molecule has 0 aliphatic carbocycles. The van der Waals surface area contributed by atoms with Gasteiger partial charge in [0.25, 0.3) is 0 Å². The maximum absolute atomic E-state index is 5.04. The summed E-state index contributed by atoms with van der Waals surface area (Å²) in [5, 5.41) is 7.21. The molecule has 0 amide bonds. The minimum Gasteiger partial charge on any atom is -0.294 e. The van der Waals surface area contributed by atoms with Gasteiger partial charge in [-0.05, 0) is 28.3 Å². The summed E-state index contributed by atoms with van der Waals surface area (Å²) in [7, 11) is 2.12. The number of fused-ring (bicyclic) bond motifs is 1. The highest BCUT2D eigenvalue weighted by Crippen LogP contribution is 2.40. The van der Waals surface area contributed by atoms with E-state index in [0.29, 0.717) is 5.92 Å². The van der Waals surface area contributed by atoms with Crippen LogP contribution in [-0.2, 0) is 6.54 Å². The highest BCUT2D eigenvalue weighted by molar-refractivity contribution is 6.07. The normalized spacial score (nSPS) is 22.8. The summed E-state index contributed by atoms with van der Waals surface area (Å²) in [4.78, 5) is 2.57. The van der Waals surface area contributed by atoms with E-state index in [1.807, 2.05) is 0 Å². The van der Waals surface area contributed by atoms with Crippen molar-refractivity contribution in [2.75, 3.05) is 20.1 Å². The number of rotatable bonds is 4. The molecule has 0 saturated carbocycles. The lowest BCUT2D eigenvalue weighted by molar-refractivity contribution is 0.190. The molecule has 1 fully saturated rings. The molecule has 150 valence electrons. The molecule has 30 heavy (non-hydrogen) atoms. The fourth-order valence-corrected chi connectivity index (χ4v) is 4.80. The molecule has 0 unspecified atom stereocenters. The van der Waals surface area contributed by atoms with Crippen LogP contribution in [0.25, 0.3) is 6.08 Å². The topological polar surface area (TPSA) is 18.8 Å². The lowest BCUT2D eigenvalue weighted by atomic mass is 9.83. The van der Waals surface area contributed by atoms with Crippen LogP contribution >= 0.6 is 0 Å². The molecule has 3 aromatic rings. The molecule has 1 saturated heterocycles. The van der Waals surface area contributed by atoms with Crippen LogP contribution in [0.4, 0.5) is 0 Å². The predicted molar refractivity (Wildman–Crippen MR) is 124 cm³/mol. The van der Waals surface area contributed by atoms with Crippen molar-refractivity contribution in [1.29, 1.82) is 0 Å². The third-order valence-corrected chi connectivity index (χ3v) is 6.11. The SMILES string of the molecule is CN1N=C2C(=Cc3ccccc3)CN(Cc3ccccc3)C[C@H]2[C@H]1c1ccccc1. The molecule has 5 rings (SSSR count). The van der Waals surface area contributed by atoms with Gasteiger partial charge in [0.2, 0.25) is 0 Å². The number of hydrogen-bond donors (Lipinski definition) is 0. The van der Waals surface area contributed by atoms with Gasteiger partial charge in [-0.15, -0.1) is 0 Å². The standard InChI is InChI=1S/C27H27N3/c1-29-27(23-15-9-4-10-16-23)25-20-30(18-22-13-7-3-8-14-22)19-24(26(25)28-29)17-21-11-5-2-6-12-21/h2-17,25,27H,18-20H2,1H3/t25-,27-/m1/s1. The van der Waals surface area contributed by atoms with Crippen molar-refractivity contribution in [3.8, 4) is 0 Å². The number of piperidine rings is 1. The van der Waals surface area contributed by atoms with E-state index < -0.39 is 0 Å². The molecule has 2 aliphatic heterocycles. The van der Waals surface area contributed by atoms with Crippen molar-refractivity contribution < 1.29 is 0 Å². The zero-order valence-electron chi connectivity index (χ0n) is 17.4. The zero-order valence-corrected chi connectivity index (χ0v) is 17.4. The average molecular weight is 394 g/mol. The van der Waals surface area contributed by atoms with Crippen LogP contribution in [0.3, 0.4) is 0 Å². The fourth-order valence-electron chi connectivity index (χ4n) is 4.80. The second kappa shape index (κ2) is 8.29. The highest BCUT2D eigenvalue weighted by atomic mass is 15.5. The molecule has 0 radical (unpaired) electrons. The molecule has 2 aliphatic rings. The Morgan fingerprint density at radius 3 is 2.20 bits per heavy atom. The lowest BCUT2D eigenvalue weighted by Crippen LogP contribution is -2.43. The van der Waals surface area contributed by atoms with Gasteiger partial charge < -0.3 is 0 Å². The highest BCUT2D eigenvalue weighted by Gasteiger charge is 2.42. The molecule has 0 N–H and O–H groups in total. The van der Waals surface area contributed by atoms with Crippen LogP contribution in [0.15, 0.2) is 102 Å². The predicted octanol–water partition coefficient (Wildman–Crippen LogP) is 5.24. The van der Waals surface area contributed by atoms with Gasteiger partial charge in [-0.1, -0.05) is 91.0 Å². The molecule has 3 heteroatoms. The zero-order chi connectivity index (χ0) is 20.3.